The van der Waals surface area contributed by atoms with Crippen molar-refractivity contribution in [3.05, 3.63) is 59.8 Å². The third-order valence-electron chi connectivity index (χ3n) is 13.1. The van der Waals surface area contributed by atoms with Gasteiger partial charge in [-0.3, -0.25) is 29.1 Å². The van der Waals surface area contributed by atoms with Gasteiger partial charge in [0.2, 0.25) is 11.8 Å². The molecule has 0 spiro atoms. The average Bonchev–Trinajstić information content (AvgIpc) is 3.98. The van der Waals surface area contributed by atoms with Gasteiger partial charge in [0.25, 0.3) is 12.3 Å². The summed E-state index contributed by atoms with van der Waals surface area (Å²) in [6, 6.07) is 8.54. The van der Waals surface area contributed by atoms with Crippen molar-refractivity contribution in [1.29, 1.82) is 0 Å². The summed E-state index contributed by atoms with van der Waals surface area (Å²) < 4.78 is 38.9. The molecule has 3 amide bonds. The van der Waals surface area contributed by atoms with Crippen LogP contribution in [0, 0.1) is 5.92 Å². The molecule has 2 N–H and O–H groups in total. The first-order valence-electron chi connectivity index (χ1n) is 21.2. The highest BCUT2D eigenvalue weighted by Gasteiger charge is 2.33. The van der Waals surface area contributed by atoms with Gasteiger partial charge in [-0.25, -0.2) is 18.3 Å². The number of aromatic nitrogens is 7. The molecule has 5 aromatic rings. The number of anilines is 3. The van der Waals surface area contributed by atoms with Crippen molar-refractivity contribution in [3.63, 3.8) is 0 Å². The van der Waals surface area contributed by atoms with Gasteiger partial charge in [0.15, 0.2) is 11.3 Å². The van der Waals surface area contributed by atoms with E-state index in [2.05, 4.69) is 65.8 Å². The highest BCUT2D eigenvalue weighted by atomic mass is 19.3. The van der Waals surface area contributed by atoms with Gasteiger partial charge in [-0.15, -0.1) is 0 Å². The van der Waals surface area contributed by atoms with Crippen molar-refractivity contribution >= 4 is 51.5 Å². The zero-order valence-corrected chi connectivity index (χ0v) is 34.1. The number of hydrogen-bond acceptors (Lipinski definition) is 11. The first kappa shape index (κ1) is 39.9. The number of hydrogen-bond donors (Lipinski definition) is 2. The van der Waals surface area contributed by atoms with E-state index in [1.54, 1.807) is 17.1 Å². The molecule has 3 saturated heterocycles. The number of carbonyl (C=O) groups excluding carboxylic acids is 3. The standard InChI is InChI=1S/C42H52F2N12O4/c1-51(29-7-8-30-34(23-29)52(2)49-37(30)31-9-10-36(57)48-41(31)58)27-12-16-53(17-13-27)15-11-26-3-5-28(6-4-26)56-25-33(38(50-56)39(43)44)46-42(59)32-24-45-55-18-14-35(47-40(32)55)54-19-21-60-22-20-54/h7-8,14,18,23-28,31,39H,3-6,9-13,15-17,19-22H2,1-2H3,(H,46,59)(H,48,57,58). The van der Waals surface area contributed by atoms with E-state index in [0.717, 1.165) is 86.9 Å². The highest BCUT2D eigenvalue weighted by Crippen LogP contribution is 2.37. The minimum absolute atomic E-state index is 0.00583. The predicted octanol–water partition coefficient (Wildman–Crippen LogP) is 5.08. The molecule has 1 saturated carbocycles. The molecular formula is C42H52F2N12O4. The summed E-state index contributed by atoms with van der Waals surface area (Å²) in [4.78, 5) is 49.4. The Morgan fingerprint density at radius 3 is 2.55 bits per heavy atom. The molecule has 18 heteroatoms. The number of halogens is 2. The van der Waals surface area contributed by atoms with Crippen LogP contribution in [0.25, 0.3) is 16.6 Å². The first-order valence-corrected chi connectivity index (χ1v) is 21.2. The average molecular weight is 827 g/mol. The van der Waals surface area contributed by atoms with Crippen molar-refractivity contribution in [3.8, 4) is 0 Å². The normalized spacial score (nSPS) is 22.2. The Labute approximate surface area is 346 Å². The van der Waals surface area contributed by atoms with E-state index in [1.807, 2.05) is 17.8 Å². The minimum atomic E-state index is -2.85. The van der Waals surface area contributed by atoms with Crippen molar-refractivity contribution in [2.24, 2.45) is 13.0 Å². The lowest BCUT2D eigenvalue weighted by molar-refractivity contribution is -0.134. The van der Waals surface area contributed by atoms with E-state index >= 15 is 0 Å². The number of benzene rings is 1. The Balaban J connectivity index is 0.756. The molecule has 4 fully saturated rings. The van der Waals surface area contributed by atoms with Crippen molar-refractivity contribution in [2.75, 3.05) is 68.1 Å². The van der Waals surface area contributed by atoms with Crippen LogP contribution in [0.3, 0.4) is 0 Å². The van der Waals surface area contributed by atoms with Crippen molar-refractivity contribution in [2.45, 2.75) is 82.2 Å². The Kier molecular flexibility index (Phi) is 11.2. The summed E-state index contributed by atoms with van der Waals surface area (Å²) in [5.41, 5.74) is 2.92. The molecule has 1 aliphatic carbocycles. The number of piperidine rings is 2. The molecule has 1 unspecified atom stereocenters. The van der Waals surface area contributed by atoms with Gasteiger partial charge in [0.1, 0.15) is 11.4 Å². The number of alkyl halides is 2. The quantitative estimate of drug-likeness (QED) is 0.171. The lowest BCUT2D eigenvalue weighted by Gasteiger charge is -2.38. The number of fused-ring (bicyclic) bond motifs is 2. The van der Waals surface area contributed by atoms with Crippen LogP contribution in [-0.2, 0) is 21.4 Å². The maximum absolute atomic E-state index is 14.3. The lowest BCUT2D eigenvalue weighted by Crippen LogP contribution is -2.44. The molecule has 60 heavy (non-hydrogen) atoms. The third kappa shape index (κ3) is 8.06. The van der Waals surface area contributed by atoms with Gasteiger partial charge in [-0.2, -0.15) is 15.3 Å². The second kappa shape index (κ2) is 16.9. The first-order chi connectivity index (χ1) is 29.1. The van der Waals surface area contributed by atoms with Gasteiger partial charge in [-0.1, -0.05) is 0 Å². The van der Waals surface area contributed by atoms with Gasteiger partial charge in [0, 0.05) is 76.2 Å². The summed E-state index contributed by atoms with van der Waals surface area (Å²) in [5.74, 6) is -0.230. The van der Waals surface area contributed by atoms with E-state index in [1.165, 1.54) is 10.7 Å². The Morgan fingerprint density at radius 2 is 1.80 bits per heavy atom. The van der Waals surface area contributed by atoms with Gasteiger partial charge < -0.3 is 24.8 Å². The van der Waals surface area contributed by atoms with Crippen molar-refractivity contribution < 1.29 is 27.9 Å². The Hall–Kier alpha value is -5.49. The van der Waals surface area contributed by atoms with Crippen LogP contribution in [0.1, 0.15) is 97.9 Å². The number of imide groups is 1. The van der Waals surface area contributed by atoms with Crippen LogP contribution >= 0.6 is 0 Å². The van der Waals surface area contributed by atoms with Crippen LogP contribution < -0.4 is 20.4 Å². The Bertz CT molecular complexity index is 2370. The second-order valence-electron chi connectivity index (χ2n) is 16.7. The Morgan fingerprint density at radius 1 is 1.02 bits per heavy atom. The van der Waals surface area contributed by atoms with Crippen LogP contribution in [0.2, 0.25) is 0 Å². The molecule has 4 aliphatic rings. The molecule has 3 aliphatic heterocycles. The molecule has 1 atom stereocenters. The SMILES string of the molecule is CN(c1ccc2c(C3CCC(=O)NC3=O)nn(C)c2c1)C1CCN(CCC2CCC(n3cc(NC(=O)c4cnn5ccc(N6CCOCC6)nc45)c(C(F)F)n3)CC2)CC1. The van der Waals surface area contributed by atoms with Gasteiger partial charge >= 0.3 is 0 Å². The van der Waals surface area contributed by atoms with E-state index in [9.17, 15) is 23.2 Å². The third-order valence-corrected chi connectivity index (χ3v) is 13.1. The minimum Gasteiger partial charge on any atom is -0.378 e. The summed E-state index contributed by atoms with van der Waals surface area (Å²) in [5, 5.41) is 19.4. The number of nitrogens with one attached hydrogen (secondary N) is 2. The summed E-state index contributed by atoms with van der Waals surface area (Å²) >= 11 is 0. The van der Waals surface area contributed by atoms with Crippen LogP contribution in [0.15, 0.2) is 42.9 Å². The number of likely N-dealkylation sites (tertiary alicyclic amines) is 1. The number of morpholine rings is 1. The fourth-order valence-corrected chi connectivity index (χ4v) is 9.54. The zero-order chi connectivity index (χ0) is 41.5. The smallest absolute Gasteiger partial charge is 0.284 e. The van der Waals surface area contributed by atoms with Gasteiger partial charge in [-0.05, 0) is 88.1 Å². The van der Waals surface area contributed by atoms with E-state index in [0.29, 0.717) is 62.6 Å². The maximum atomic E-state index is 14.3. The fraction of sp³-hybridized carbons (Fsp3) is 0.548. The molecule has 318 valence electrons. The molecule has 0 bridgehead atoms. The summed E-state index contributed by atoms with van der Waals surface area (Å²) in [7, 11) is 4.05. The number of aryl methyl sites for hydroxylation is 1. The maximum Gasteiger partial charge on any atom is 0.284 e. The van der Waals surface area contributed by atoms with Crippen LogP contribution in [0.5, 0.6) is 0 Å². The predicted molar refractivity (Wildman–Crippen MR) is 220 cm³/mol. The number of amides is 3. The van der Waals surface area contributed by atoms with E-state index < -0.39 is 23.9 Å². The zero-order valence-electron chi connectivity index (χ0n) is 34.1. The van der Waals surface area contributed by atoms with Crippen molar-refractivity contribution in [1.82, 2.24) is 44.4 Å². The topological polar surface area (TPSA) is 160 Å². The summed E-state index contributed by atoms with van der Waals surface area (Å²) in [6.07, 6.45) is 9.53. The highest BCUT2D eigenvalue weighted by molar-refractivity contribution is 6.08. The van der Waals surface area contributed by atoms with Gasteiger partial charge in [0.05, 0.1) is 48.3 Å². The number of rotatable bonds is 11. The fourth-order valence-electron chi connectivity index (χ4n) is 9.54. The molecule has 16 nitrogen and oxygen atoms in total. The number of carbonyl (C=O) groups is 3. The molecule has 1 aromatic carbocycles. The van der Waals surface area contributed by atoms with Crippen LogP contribution in [0.4, 0.5) is 26.0 Å². The number of nitrogens with zero attached hydrogens (tertiary/aromatic N) is 10. The molecule has 7 heterocycles. The molecule has 4 aromatic heterocycles. The lowest BCUT2D eigenvalue weighted by atomic mass is 9.84. The molecule has 0 radical (unpaired) electrons. The number of ether oxygens (including phenoxy) is 1. The summed E-state index contributed by atoms with van der Waals surface area (Å²) in [6.45, 7) is 5.63. The van der Waals surface area contributed by atoms with E-state index in [-0.39, 0.29) is 29.1 Å². The molecule has 9 rings (SSSR count). The largest absolute Gasteiger partial charge is 0.378 e. The van der Waals surface area contributed by atoms with E-state index in [4.69, 9.17) is 9.84 Å². The van der Waals surface area contributed by atoms with Crippen LogP contribution in [-0.4, -0.2) is 116 Å². The second-order valence-corrected chi connectivity index (χ2v) is 16.7. The monoisotopic (exact) mass is 826 g/mol. The molecular weight excluding hydrogens is 775 g/mol.